The van der Waals surface area contributed by atoms with Crippen molar-refractivity contribution in [2.45, 2.75) is 32.1 Å². The summed E-state index contributed by atoms with van der Waals surface area (Å²) in [5.41, 5.74) is 5.49. The number of benzene rings is 2. The van der Waals surface area contributed by atoms with Gasteiger partial charge in [0.25, 0.3) is 0 Å². The second-order valence-electron chi connectivity index (χ2n) is 11.3. The molecule has 212 valence electrons. The number of hydrogen-bond acceptors (Lipinski definition) is 6. The number of fused-ring (bicyclic) bond motifs is 1. The van der Waals surface area contributed by atoms with Gasteiger partial charge >= 0.3 is 5.97 Å². The summed E-state index contributed by atoms with van der Waals surface area (Å²) in [6.07, 6.45) is 4.11. The van der Waals surface area contributed by atoms with Crippen LogP contribution in [0.2, 0.25) is 5.02 Å². The van der Waals surface area contributed by atoms with Gasteiger partial charge in [-0.15, -0.1) is 0 Å². The Morgan fingerprint density at radius 3 is 2.68 bits per heavy atom. The first-order valence-corrected chi connectivity index (χ1v) is 14.1. The monoisotopic (exact) mass is 572 g/mol. The molecule has 41 heavy (non-hydrogen) atoms. The summed E-state index contributed by atoms with van der Waals surface area (Å²) in [6, 6.07) is 19.0. The number of pyridine rings is 1. The lowest BCUT2D eigenvalue weighted by molar-refractivity contribution is -0.0111. The first-order valence-electron chi connectivity index (χ1n) is 13.8. The third-order valence-corrected chi connectivity index (χ3v) is 8.04. The fourth-order valence-corrected chi connectivity index (χ4v) is 5.75. The number of aromatic amines is 1. The molecule has 4 heterocycles. The minimum atomic E-state index is -0.942. The zero-order valence-corrected chi connectivity index (χ0v) is 23.9. The molecule has 4 aromatic rings. The van der Waals surface area contributed by atoms with Crippen LogP contribution in [0, 0.1) is 0 Å². The van der Waals surface area contributed by atoms with Crippen molar-refractivity contribution in [2.24, 2.45) is 0 Å². The highest BCUT2D eigenvalue weighted by atomic mass is 35.5. The van der Waals surface area contributed by atoms with Crippen LogP contribution in [0.1, 0.15) is 36.2 Å². The lowest BCUT2D eigenvalue weighted by Gasteiger charge is -2.43. The van der Waals surface area contributed by atoms with Crippen molar-refractivity contribution in [1.29, 1.82) is 0 Å². The first kappa shape index (κ1) is 27.3. The maximum absolute atomic E-state index is 11.4. The van der Waals surface area contributed by atoms with E-state index >= 15 is 0 Å². The first-order chi connectivity index (χ1) is 19.7. The Balaban J connectivity index is 1.28. The van der Waals surface area contributed by atoms with E-state index in [2.05, 4.69) is 45.7 Å². The molecular formula is C32H33ClN4O4. The van der Waals surface area contributed by atoms with E-state index in [1.165, 1.54) is 16.7 Å². The molecule has 2 aliphatic rings. The highest BCUT2D eigenvalue weighted by molar-refractivity contribution is 6.30. The lowest BCUT2D eigenvalue weighted by Crippen LogP contribution is -2.56. The molecule has 6 rings (SSSR count). The van der Waals surface area contributed by atoms with Crippen molar-refractivity contribution in [3.05, 3.63) is 94.8 Å². The van der Waals surface area contributed by atoms with Gasteiger partial charge in [-0.3, -0.25) is 4.90 Å². The molecular weight excluding hydrogens is 540 g/mol. The van der Waals surface area contributed by atoms with E-state index < -0.39 is 5.97 Å². The van der Waals surface area contributed by atoms with Gasteiger partial charge in [-0.05, 0) is 79.1 Å². The van der Waals surface area contributed by atoms with Crippen LogP contribution >= 0.6 is 11.6 Å². The number of carboxylic acid groups (broad SMARTS) is 1. The van der Waals surface area contributed by atoms with Gasteiger partial charge in [0, 0.05) is 48.3 Å². The van der Waals surface area contributed by atoms with Crippen LogP contribution in [0.15, 0.2) is 78.6 Å². The van der Waals surface area contributed by atoms with Crippen molar-refractivity contribution in [1.82, 2.24) is 14.9 Å². The zero-order valence-electron chi connectivity index (χ0n) is 23.1. The molecule has 2 aliphatic heterocycles. The minimum absolute atomic E-state index is 0.241. The number of hydrogen-bond donors (Lipinski definition) is 2. The molecule has 1 atom stereocenters. The Hall–Kier alpha value is -3.85. The molecule has 0 spiro atoms. The molecule has 1 fully saturated rings. The number of nitrogens with one attached hydrogen (secondary N) is 1. The molecule has 2 aromatic carbocycles. The van der Waals surface area contributed by atoms with Crippen LogP contribution in [0.25, 0.3) is 16.6 Å². The van der Waals surface area contributed by atoms with Gasteiger partial charge in [-0.1, -0.05) is 23.7 Å². The van der Waals surface area contributed by atoms with Crippen LogP contribution in [-0.4, -0.2) is 70.6 Å². The van der Waals surface area contributed by atoms with Crippen molar-refractivity contribution < 1.29 is 19.4 Å². The van der Waals surface area contributed by atoms with E-state index in [0.717, 1.165) is 41.3 Å². The van der Waals surface area contributed by atoms with Gasteiger partial charge in [-0.25, -0.2) is 9.78 Å². The lowest BCUT2D eigenvalue weighted by atomic mass is 9.87. The van der Waals surface area contributed by atoms with Gasteiger partial charge in [0.05, 0.1) is 30.5 Å². The van der Waals surface area contributed by atoms with Crippen LogP contribution in [0.3, 0.4) is 0 Å². The van der Waals surface area contributed by atoms with E-state index in [4.69, 9.17) is 21.1 Å². The maximum Gasteiger partial charge on any atom is 0.335 e. The number of rotatable bonds is 7. The van der Waals surface area contributed by atoms with E-state index in [0.29, 0.717) is 25.4 Å². The molecule has 9 heteroatoms. The topological polar surface area (TPSA) is 90.9 Å². The minimum Gasteiger partial charge on any atom is -0.478 e. The van der Waals surface area contributed by atoms with Crippen molar-refractivity contribution in [2.75, 3.05) is 37.7 Å². The molecule has 8 nitrogen and oxygen atoms in total. The Morgan fingerprint density at radius 1 is 1.15 bits per heavy atom. The molecule has 0 radical (unpaired) electrons. The molecule has 2 N–H and O–H groups in total. The standard InChI is InChI=1S/C32H33ClN4O4/c1-32(2)16-28(21-3-7-25(33)8-4-21)24(20-40-32)18-36-13-14-37(26-9-5-22(6-10-26)31(38)39)29(19-36)41-27-15-23-11-12-34-30(23)35-17-27/h3-12,15,17,29H,13-14,16,18-20H2,1-2H3,(H,34,35)(H,38,39). The Morgan fingerprint density at radius 2 is 1.93 bits per heavy atom. The van der Waals surface area contributed by atoms with E-state index in [1.807, 2.05) is 42.6 Å². The van der Waals surface area contributed by atoms with Gasteiger partial charge in [0.2, 0.25) is 0 Å². The number of anilines is 1. The summed E-state index contributed by atoms with van der Waals surface area (Å²) >= 11 is 6.19. The third kappa shape index (κ3) is 6.10. The largest absolute Gasteiger partial charge is 0.478 e. The summed E-state index contributed by atoms with van der Waals surface area (Å²) in [6.45, 7) is 7.77. The Kier molecular flexibility index (Phi) is 7.46. The molecule has 0 bridgehead atoms. The van der Waals surface area contributed by atoms with E-state index in [1.54, 1.807) is 18.3 Å². The number of carboxylic acids is 1. The SMILES string of the molecule is CC1(C)CC(c2ccc(Cl)cc2)=C(CN2CCN(c3ccc(C(=O)O)cc3)C(Oc3cnc4[nH]ccc4c3)C2)CO1. The van der Waals surface area contributed by atoms with Gasteiger partial charge in [0.1, 0.15) is 11.4 Å². The average molecular weight is 573 g/mol. The van der Waals surface area contributed by atoms with Crippen molar-refractivity contribution in [3.8, 4) is 5.75 Å². The fourth-order valence-electron chi connectivity index (χ4n) is 5.62. The smallest absolute Gasteiger partial charge is 0.335 e. The molecule has 0 aliphatic carbocycles. The number of ether oxygens (including phenoxy) is 2. The van der Waals surface area contributed by atoms with Crippen LogP contribution < -0.4 is 9.64 Å². The summed E-state index contributed by atoms with van der Waals surface area (Å²) in [7, 11) is 0. The fraction of sp³-hybridized carbons (Fsp3) is 0.312. The van der Waals surface area contributed by atoms with Crippen LogP contribution in [0.4, 0.5) is 5.69 Å². The Bertz CT molecular complexity index is 1580. The highest BCUT2D eigenvalue weighted by Crippen LogP contribution is 2.36. The number of H-pyrrole nitrogens is 1. The van der Waals surface area contributed by atoms with E-state index in [9.17, 15) is 9.90 Å². The Labute approximate surface area is 244 Å². The van der Waals surface area contributed by atoms with Crippen LogP contribution in [-0.2, 0) is 4.74 Å². The van der Waals surface area contributed by atoms with Crippen molar-refractivity contribution >= 4 is 39.9 Å². The highest BCUT2D eigenvalue weighted by Gasteiger charge is 2.33. The predicted octanol–water partition coefficient (Wildman–Crippen LogP) is 6.09. The van der Waals surface area contributed by atoms with Gasteiger partial charge < -0.3 is 24.5 Å². The third-order valence-electron chi connectivity index (χ3n) is 7.79. The second-order valence-corrected chi connectivity index (χ2v) is 11.7. The predicted molar refractivity (Wildman–Crippen MR) is 161 cm³/mol. The van der Waals surface area contributed by atoms with E-state index in [-0.39, 0.29) is 17.4 Å². The number of piperazine rings is 1. The summed E-state index contributed by atoms with van der Waals surface area (Å²) < 4.78 is 12.8. The van der Waals surface area contributed by atoms with Gasteiger partial charge in [-0.2, -0.15) is 0 Å². The second kappa shape index (κ2) is 11.2. The summed E-state index contributed by atoms with van der Waals surface area (Å²) in [5, 5.41) is 11.1. The molecule has 2 aromatic heterocycles. The van der Waals surface area contributed by atoms with Gasteiger partial charge in [0.15, 0.2) is 6.23 Å². The number of carbonyl (C=O) groups is 1. The molecule has 1 saturated heterocycles. The quantitative estimate of drug-likeness (QED) is 0.277. The maximum atomic E-state index is 11.4. The number of aromatic nitrogens is 2. The van der Waals surface area contributed by atoms with Crippen LogP contribution in [0.5, 0.6) is 5.75 Å². The molecule has 0 amide bonds. The van der Waals surface area contributed by atoms with Crippen molar-refractivity contribution in [3.63, 3.8) is 0 Å². The number of aromatic carboxylic acids is 1. The zero-order chi connectivity index (χ0) is 28.6. The average Bonchev–Trinajstić information content (AvgIpc) is 3.43. The number of halogens is 1. The summed E-state index contributed by atoms with van der Waals surface area (Å²) in [4.78, 5) is 23.6. The molecule has 1 unspecified atom stereocenters. The number of nitrogens with zero attached hydrogens (tertiary/aromatic N) is 3. The molecule has 0 saturated carbocycles. The summed E-state index contributed by atoms with van der Waals surface area (Å²) in [5.74, 6) is -0.261. The normalized spacial score (nSPS) is 19.5.